The molecule has 0 bridgehead atoms. The molecule has 0 spiro atoms. The standard InChI is InChI=1S/C16H26N4O2.HI/c1-17-16(19-12-15-13-20(2)9-11-22-15)18-8-10-21-14-6-4-3-5-7-14;/h3-7,15H,8-13H2,1-2H3,(H2,17,18,19);1H. The molecule has 0 saturated carbocycles. The van der Waals surface area contributed by atoms with Crippen LogP contribution in [0.25, 0.3) is 0 Å². The van der Waals surface area contributed by atoms with Crippen molar-refractivity contribution < 1.29 is 9.47 Å². The Kier molecular flexibility index (Phi) is 9.97. The van der Waals surface area contributed by atoms with Crippen molar-refractivity contribution in [3.8, 4) is 5.75 Å². The van der Waals surface area contributed by atoms with E-state index in [-0.39, 0.29) is 30.1 Å². The molecule has 1 aromatic carbocycles. The number of hydrogen-bond acceptors (Lipinski definition) is 4. The third-order valence-electron chi connectivity index (χ3n) is 3.47. The monoisotopic (exact) mass is 434 g/mol. The van der Waals surface area contributed by atoms with Crippen LogP contribution in [0, 0.1) is 0 Å². The van der Waals surface area contributed by atoms with Gasteiger partial charge >= 0.3 is 0 Å². The van der Waals surface area contributed by atoms with Gasteiger partial charge in [0.25, 0.3) is 0 Å². The van der Waals surface area contributed by atoms with E-state index in [2.05, 4.69) is 27.6 Å². The molecule has 0 amide bonds. The van der Waals surface area contributed by atoms with Gasteiger partial charge in [-0.3, -0.25) is 4.99 Å². The minimum atomic E-state index is 0. The van der Waals surface area contributed by atoms with Gasteiger partial charge in [0.05, 0.1) is 19.3 Å². The maximum absolute atomic E-state index is 5.72. The summed E-state index contributed by atoms with van der Waals surface area (Å²) in [5.74, 6) is 1.65. The van der Waals surface area contributed by atoms with Crippen LogP contribution in [-0.4, -0.2) is 70.5 Å². The Labute approximate surface area is 155 Å². The number of aliphatic imine (C=N–C) groups is 1. The topological polar surface area (TPSA) is 58.1 Å². The molecule has 2 N–H and O–H groups in total. The first kappa shape index (κ1) is 20.0. The Morgan fingerprint density at radius 2 is 2.13 bits per heavy atom. The molecule has 1 unspecified atom stereocenters. The number of morpholine rings is 1. The lowest BCUT2D eigenvalue weighted by Crippen LogP contribution is -2.48. The maximum atomic E-state index is 5.72. The average Bonchev–Trinajstić information content (AvgIpc) is 2.55. The van der Waals surface area contributed by atoms with Crippen molar-refractivity contribution in [3.05, 3.63) is 30.3 Å². The van der Waals surface area contributed by atoms with E-state index in [0.29, 0.717) is 13.2 Å². The van der Waals surface area contributed by atoms with Crippen LogP contribution in [0.4, 0.5) is 0 Å². The molecule has 0 aliphatic carbocycles. The molecule has 1 fully saturated rings. The predicted octanol–water partition coefficient (Wildman–Crippen LogP) is 1.18. The van der Waals surface area contributed by atoms with Gasteiger partial charge in [-0.05, 0) is 19.2 Å². The lowest BCUT2D eigenvalue weighted by Gasteiger charge is -2.30. The van der Waals surface area contributed by atoms with Gasteiger partial charge in [0.2, 0.25) is 0 Å². The van der Waals surface area contributed by atoms with Crippen molar-refractivity contribution >= 4 is 29.9 Å². The van der Waals surface area contributed by atoms with Crippen molar-refractivity contribution in [1.29, 1.82) is 0 Å². The second kappa shape index (κ2) is 11.5. The number of nitrogens with one attached hydrogen (secondary N) is 2. The summed E-state index contributed by atoms with van der Waals surface area (Å²) >= 11 is 0. The van der Waals surface area contributed by atoms with E-state index in [4.69, 9.17) is 9.47 Å². The molecule has 1 atom stereocenters. The second-order valence-corrected chi connectivity index (χ2v) is 5.30. The van der Waals surface area contributed by atoms with Gasteiger partial charge in [-0.2, -0.15) is 0 Å². The fourth-order valence-corrected chi connectivity index (χ4v) is 2.28. The molecule has 130 valence electrons. The van der Waals surface area contributed by atoms with Crippen LogP contribution < -0.4 is 15.4 Å². The van der Waals surface area contributed by atoms with E-state index in [1.807, 2.05) is 30.3 Å². The lowest BCUT2D eigenvalue weighted by atomic mass is 10.3. The highest BCUT2D eigenvalue weighted by Gasteiger charge is 2.17. The van der Waals surface area contributed by atoms with Crippen LogP contribution in [0.3, 0.4) is 0 Å². The van der Waals surface area contributed by atoms with Gasteiger partial charge in [0.1, 0.15) is 12.4 Å². The van der Waals surface area contributed by atoms with Crippen LogP contribution in [0.15, 0.2) is 35.3 Å². The van der Waals surface area contributed by atoms with Crippen LogP contribution >= 0.6 is 24.0 Å². The molecule has 6 nitrogen and oxygen atoms in total. The largest absolute Gasteiger partial charge is 0.492 e. The van der Waals surface area contributed by atoms with Gasteiger partial charge in [-0.1, -0.05) is 18.2 Å². The summed E-state index contributed by atoms with van der Waals surface area (Å²) in [4.78, 5) is 6.48. The summed E-state index contributed by atoms with van der Waals surface area (Å²) in [7, 11) is 3.88. The number of benzene rings is 1. The van der Waals surface area contributed by atoms with E-state index < -0.39 is 0 Å². The van der Waals surface area contributed by atoms with Crippen molar-refractivity contribution in [3.63, 3.8) is 0 Å². The second-order valence-electron chi connectivity index (χ2n) is 5.30. The highest BCUT2D eigenvalue weighted by molar-refractivity contribution is 14.0. The molecule has 0 aromatic heterocycles. The van der Waals surface area contributed by atoms with E-state index >= 15 is 0 Å². The fraction of sp³-hybridized carbons (Fsp3) is 0.562. The van der Waals surface area contributed by atoms with Gasteiger partial charge in [-0.15, -0.1) is 24.0 Å². The zero-order chi connectivity index (χ0) is 15.6. The Balaban J connectivity index is 0.00000264. The molecular formula is C16H27IN4O2. The van der Waals surface area contributed by atoms with E-state index in [1.54, 1.807) is 7.05 Å². The molecule has 1 aliphatic rings. The summed E-state index contributed by atoms with van der Waals surface area (Å²) in [6, 6.07) is 9.80. The first-order valence-electron chi connectivity index (χ1n) is 7.70. The summed E-state index contributed by atoms with van der Waals surface area (Å²) in [5.41, 5.74) is 0. The van der Waals surface area contributed by atoms with Crippen molar-refractivity contribution in [1.82, 2.24) is 15.5 Å². The number of para-hydroxylation sites is 1. The first-order valence-corrected chi connectivity index (χ1v) is 7.70. The molecule has 1 heterocycles. The summed E-state index contributed by atoms with van der Waals surface area (Å²) in [6.07, 6.45) is 0.206. The van der Waals surface area contributed by atoms with Crippen LogP contribution in [0.2, 0.25) is 0 Å². The normalized spacial score (nSPS) is 18.9. The number of rotatable bonds is 6. The molecular weight excluding hydrogens is 407 g/mol. The number of halogens is 1. The van der Waals surface area contributed by atoms with Crippen molar-refractivity contribution in [2.75, 3.05) is 53.5 Å². The molecule has 2 rings (SSSR count). The average molecular weight is 434 g/mol. The summed E-state index contributed by atoms with van der Waals surface area (Å²) < 4.78 is 11.3. The van der Waals surface area contributed by atoms with Crippen LogP contribution in [-0.2, 0) is 4.74 Å². The lowest BCUT2D eigenvalue weighted by molar-refractivity contribution is -0.0161. The van der Waals surface area contributed by atoms with Crippen molar-refractivity contribution in [2.24, 2.45) is 4.99 Å². The number of nitrogens with zero attached hydrogens (tertiary/aromatic N) is 2. The van der Waals surface area contributed by atoms with Crippen LogP contribution in [0.5, 0.6) is 5.75 Å². The molecule has 0 radical (unpaired) electrons. The fourth-order valence-electron chi connectivity index (χ4n) is 2.28. The van der Waals surface area contributed by atoms with E-state index in [9.17, 15) is 0 Å². The zero-order valence-corrected chi connectivity index (χ0v) is 16.2. The minimum Gasteiger partial charge on any atom is -0.492 e. The number of guanidine groups is 1. The first-order chi connectivity index (χ1) is 10.8. The third kappa shape index (κ3) is 7.85. The minimum absolute atomic E-state index is 0. The summed E-state index contributed by atoms with van der Waals surface area (Å²) in [6.45, 7) is 4.78. The van der Waals surface area contributed by atoms with Gasteiger partial charge < -0.3 is 25.0 Å². The SMILES string of the molecule is CN=C(NCCOc1ccccc1)NCC1CN(C)CCO1.I. The molecule has 1 saturated heterocycles. The maximum Gasteiger partial charge on any atom is 0.191 e. The Bertz CT molecular complexity index is 459. The highest BCUT2D eigenvalue weighted by Crippen LogP contribution is 2.07. The molecule has 7 heteroatoms. The highest BCUT2D eigenvalue weighted by atomic mass is 127. The van der Waals surface area contributed by atoms with Crippen LogP contribution in [0.1, 0.15) is 0 Å². The van der Waals surface area contributed by atoms with Crippen molar-refractivity contribution in [2.45, 2.75) is 6.10 Å². The Hall–Kier alpha value is -1.06. The third-order valence-corrected chi connectivity index (χ3v) is 3.47. The van der Waals surface area contributed by atoms with E-state index in [0.717, 1.165) is 38.0 Å². The number of ether oxygens (including phenoxy) is 2. The zero-order valence-electron chi connectivity index (χ0n) is 13.8. The number of hydrogen-bond donors (Lipinski definition) is 2. The smallest absolute Gasteiger partial charge is 0.191 e. The predicted molar refractivity (Wildman–Crippen MR) is 104 cm³/mol. The summed E-state index contributed by atoms with van der Waals surface area (Å²) in [5, 5.41) is 6.53. The Morgan fingerprint density at radius 1 is 1.35 bits per heavy atom. The van der Waals surface area contributed by atoms with Gasteiger partial charge in [-0.25, -0.2) is 0 Å². The van der Waals surface area contributed by atoms with E-state index in [1.165, 1.54) is 0 Å². The van der Waals surface area contributed by atoms with Gasteiger partial charge in [0.15, 0.2) is 5.96 Å². The molecule has 23 heavy (non-hydrogen) atoms. The van der Waals surface area contributed by atoms with Gasteiger partial charge in [0, 0.05) is 26.7 Å². The Morgan fingerprint density at radius 3 is 2.83 bits per heavy atom. The number of likely N-dealkylation sites (N-methyl/N-ethyl adjacent to an activating group) is 1. The molecule has 1 aromatic rings. The quantitative estimate of drug-likeness (QED) is 0.305. The molecule has 1 aliphatic heterocycles.